The number of nitriles is 1. The number of hydrogen-bond acceptors (Lipinski definition) is 3. The van der Waals surface area contributed by atoms with Gasteiger partial charge in [0.25, 0.3) is 0 Å². The number of nitrogens with zero attached hydrogens (tertiary/aromatic N) is 6. The fourth-order valence-electron chi connectivity index (χ4n) is 13.1. The summed E-state index contributed by atoms with van der Waals surface area (Å²) in [6.07, 6.45) is 1.90. The smallest absolute Gasteiger partial charge is 0.124 e. The van der Waals surface area contributed by atoms with Crippen molar-refractivity contribution in [2.45, 2.75) is 27.7 Å². The summed E-state index contributed by atoms with van der Waals surface area (Å²) in [7, 11) is 0. The Morgan fingerprint density at radius 1 is 0.364 bits per heavy atom. The van der Waals surface area contributed by atoms with E-state index in [4.69, 9.17) is 4.98 Å². The lowest BCUT2D eigenvalue weighted by Crippen LogP contribution is -2.16. The van der Waals surface area contributed by atoms with Crippen LogP contribution >= 0.6 is 11.3 Å². The molecule has 6 nitrogen and oxygen atoms in total. The Kier molecular flexibility index (Phi) is 9.14. The number of aryl methyl sites for hydroxylation is 4. The number of para-hydroxylation sites is 4. The van der Waals surface area contributed by atoms with Gasteiger partial charge in [0.2, 0.25) is 0 Å². The minimum Gasteiger partial charge on any atom is -0.306 e. The van der Waals surface area contributed by atoms with Crippen LogP contribution in [0.25, 0.3) is 141 Å². The second kappa shape index (κ2) is 16.1. The number of pyridine rings is 1. The van der Waals surface area contributed by atoms with Crippen LogP contribution in [-0.2, 0) is 0 Å². The van der Waals surface area contributed by atoms with Crippen molar-refractivity contribution in [2.24, 2.45) is 0 Å². The molecule has 16 aromatic rings. The molecule has 0 amide bonds. The molecule has 16 rings (SSSR count). The van der Waals surface area contributed by atoms with Crippen LogP contribution in [0.4, 0.5) is 0 Å². The van der Waals surface area contributed by atoms with Crippen molar-refractivity contribution < 1.29 is 0 Å². The van der Waals surface area contributed by atoms with E-state index in [1.807, 2.05) is 6.20 Å². The standard InChI is InChI=1S/C70H46N6S/c1-40-26-30-48-44-15-5-9-21-55(44)73(59(48)35-40)66-54(39-71)67(74-56-22-10-6-16-45(56)49-31-27-41(2)36-60(49)74)69(76-58-24-12-8-18-47(58)51-33-29-43(4)38-62(51)76)65(52-19-13-25-63-64(52)53-20-14-34-72-70(53)77-63)68(66)75-57-23-11-7-17-46(57)50-32-28-42(3)37-61(50)75/h5-38H,1-4H3. The first-order valence-corrected chi connectivity index (χ1v) is 27.1. The van der Waals surface area contributed by atoms with Crippen LogP contribution in [0, 0.1) is 39.0 Å². The molecule has 0 aliphatic rings. The van der Waals surface area contributed by atoms with Crippen molar-refractivity contribution in [3.8, 4) is 39.9 Å². The van der Waals surface area contributed by atoms with Crippen LogP contribution in [0.15, 0.2) is 206 Å². The van der Waals surface area contributed by atoms with Gasteiger partial charge in [-0.05, 0) is 122 Å². The van der Waals surface area contributed by atoms with E-state index in [9.17, 15) is 5.26 Å². The fourth-order valence-corrected chi connectivity index (χ4v) is 14.2. The molecule has 0 radical (unpaired) electrons. The third kappa shape index (κ3) is 6.02. The van der Waals surface area contributed by atoms with E-state index >= 15 is 0 Å². The van der Waals surface area contributed by atoms with E-state index in [1.54, 1.807) is 11.3 Å². The van der Waals surface area contributed by atoms with Gasteiger partial charge in [-0.15, -0.1) is 11.3 Å². The van der Waals surface area contributed by atoms with Crippen molar-refractivity contribution in [1.29, 1.82) is 5.26 Å². The van der Waals surface area contributed by atoms with Crippen LogP contribution in [-0.4, -0.2) is 23.3 Å². The first kappa shape index (κ1) is 43.6. The summed E-state index contributed by atoms with van der Waals surface area (Å²) in [5, 5.41) is 24.2. The van der Waals surface area contributed by atoms with Crippen molar-refractivity contribution in [2.75, 3.05) is 0 Å². The molecule has 0 spiro atoms. The second-order valence-electron chi connectivity index (χ2n) is 20.9. The van der Waals surface area contributed by atoms with Gasteiger partial charge in [0.15, 0.2) is 0 Å². The summed E-state index contributed by atoms with van der Waals surface area (Å²) in [4.78, 5) is 6.01. The minimum absolute atomic E-state index is 0.549. The molecule has 0 atom stereocenters. The zero-order valence-electron chi connectivity index (χ0n) is 42.7. The van der Waals surface area contributed by atoms with E-state index in [2.05, 4.69) is 252 Å². The number of hydrogen-bond donors (Lipinski definition) is 0. The monoisotopic (exact) mass is 1000 g/mol. The molecule has 0 unspecified atom stereocenters. The predicted octanol–water partition coefficient (Wildman–Crippen LogP) is 18.6. The minimum atomic E-state index is 0.549. The summed E-state index contributed by atoms with van der Waals surface area (Å²) < 4.78 is 11.0. The zero-order chi connectivity index (χ0) is 51.4. The number of thiophene rings is 1. The maximum absolute atomic E-state index is 13.0. The lowest BCUT2D eigenvalue weighted by molar-refractivity contribution is 1.04. The van der Waals surface area contributed by atoms with E-state index < -0.39 is 0 Å². The molecule has 10 aromatic carbocycles. The average molecular weight is 1000 g/mol. The molecule has 0 bridgehead atoms. The third-order valence-corrected chi connectivity index (χ3v) is 17.3. The molecule has 7 heteroatoms. The normalized spacial score (nSPS) is 12.1. The number of fused-ring (bicyclic) bond motifs is 15. The van der Waals surface area contributed by atoms with Crippen molar-refractivity contribution in [1.82, 2.24) is 23.3 Å². The highest BCUT2D eigenvalue weighted by molar-refractivity contribution is 7.25. The topological polar surface area (TPSA) is 56.4 Å². The highest BCUT2D eigenvalue weighted by Crippen LogP contribution is 2.54. The molecule has 6 aromatic heterocycles. The van der Waals surface area contributed by atoms with Gasteiger partial charge in [-0.1, -0.05) is 133 Å². The average Bonchev–Trinajstić information content (AvgIpc) is 4.47. The maximum Gasteiger partial charge on any atom is 0.124 e. The molecule has 362 valence electrons. The Morgan fingerprint density at radius 3 is 1.13 bits per heavy atom. The summed E-state index contributed by atoms with van der Waals surface area (Å²) >= 11 is 1.73. The molecule has 6 heterocycles. The first-order valence-electron chi connectivity index (χ1n) is 26.3. The summed E-state index contributed by atoms with van der Waals surface area (Å²) in [6.45, 7) is 8.71. The van der Waals surface area contributed by atoms with E-state index in [1.165, 1.54) is 0 Å². The molecule has 0 saturated heterocycles. The zero-order valence-corrected chi connectivity index (χ0v) is 43.5. The molecule has 0 N–H and O–H groups in total. The van der Waals surface area contributed by atoms with Crippen LogP contribution in [0.2, 0.25) is 0 Å². The fraction of sp³-hybridized carbons (Fsp3) is 0.0571. The maximum atomic E-state index is 13.0. The molecule has 0 aliphatic heterocycles. The lowest BCUT2D eigenvalue weighted by Gasteiger charge is -2.29. The quantitative estimate of drug-likeness (QED) is 0.172. The first-order chi connectivity index (χ1) is 37.8. The van der Waals surface area contributed by atoms with E-state index in [0.717, 1.165) is 164 Å². The molecule has 0 saturated carbocycles. The van der Waals surface area contributed by atoms with Gasteiger partial charge < -0.3 is 18.3 Å². The SMILES string of the molecule is Cc1ccc2c3ccccc3n(-c3c(C#N)c(-n4c5ccccc5c5ccc(C)cc54)c(-n4c5ccccc5c5ccc(C)cc54)c(-c4cccc5sc6ncccc6c45)c3-n3c4ccccc4c4ccc(C)cc43)c2c1. The second-order valence-corrected chi connectivity index (χ2v) is 21.9. The molecular formula is C70H46N6S. The molecule has 0 fully saturated rings. The van der Waals surface area contributed by atoms with Crippen molar-refractivity contribution in [3.63, 3.8) is 0 Å². The van der Waals surface area contributed by atoms with Crippen LogP contribution in [0.5, 0.6) is 0 Å². The summed E-state index contributed by atoms with van der Waals surface area (Å²) in [5.41, 5.74) is 18.8. The Labute approximate surface area is 446 Å². The number of benzene rings is 10. The van der Waals surface area contributed by atoms with Crippen LogP contribution < -0.4 is 0 Å². The highest BCUT2D eigenvalue weighted by Gasteiger charge is 2.36. The van der Waals surface area contributed by atoms with Crippen LogP contribution in [0.1, 0.15) is 27.8 Å². The third-order valence-electron chi connectivity index (χ3n) is 16.3. The van der Waals surface area contributed by atoms with E-state index in [-0.39, 0.29) is 0 Å². The molecule has 77 heavy (non-hydrogen) atoms. The Balaban J connectivity index is 1.31. The van der Waals surface area contributed by atoms with Gasteiger partial charge >= 0.3 is 0 Å². The Hall–Kier alpha value is -9.74. The highest BCUT2D eigenvalue weighted by atomic mass is 32.1. The molecular weight excluding hydrogens is 957 g/mol. The Bertz CT molecular complexity index is 5030. The predicted molar refractivity (Wildman–Crippen MR) is 324 cm³/mol. The number of rotatable bonds is 5. The number of aromatic nitrogens is 5. The van der Waals surface area contributed by atoms with Crippen molar-refractivity contribution in [3.05, 3.63) is 234 Å². The van der Waals surface area contributed by atoms with Gasteiger partial charge in [-0.2, -0.15) is 5.26 Å². The Morgan fingerprint density at radius 2 is 0.727 bits per heavy atom. The lowest BCUT2D eigenvalue weighted by atomic mass is 9.91. The molecule has 0 aliphatic carbocycles. The van der Waals surface area contributed by atoms with E-state index in [0.29, 0.717) is 5.56 Å². The van der Waals surface area contributed by atoms with Gasteiger partial charge in [0.05, 0.1) is 66.9 Å². The van der Waals surface area contributed by atoms with Crippen molar-refractivity contribution >= 4 is 119 Å². The van der Waals surface area contributed by atoms with Gasteiger partial charge in [-0.25, -0.2) is 4.98 Å². The summed E-state index contributed by atoms with van der Waals surface area (Å²) in [6, 6.07) is 76.5. The largest absolute Gasteiger partial charge is 0.306 e. The summed E-state index contributed by atoms with van der Waals surface area (Å²) in [5.74, 6) is 0. The van der Waals surface area contributed by atoms with Gasteiger partial charge in [-0.3, -0.25) is 0 Å². The van der Waals surface area contributed by atoms with Gasteiger partial charge in [0, 0.05) is 70.3 Å². The van der Waals surface area contributed by atoms with Gasteiger partial charge in [0.1, 0.15) is 16.5 Å². The van der Waals surface area contributed by atoms with Crippen LogP contribution in [0.3, 0.4) is 0 Å².